The number of unbranched alkanes of at least 4 members (excludes halogenated alkanes) is 1. The second-order valence-corrected chi connectivity index (χ2v) is 2.52. The molecule has 0 atom stereocenters. The predicted octanol–water partition coefficient (Wildman–Crippen LogP) is 0.965. The Morgan fingerprint density at radius 2 is 2.38 bits per heavy atom. The van der Waals surface area contributed by atoms with Crippen LogP contribution in [0.3, 0.4) is 0 Å². The van der Waals surface area contributed by atoms with Gasteiger partial charge in [0.1, 0.15) is 0 Å². The summed E-state index contributed by atoms with van der Waals surface area (Å²) in [5, 5.41) is 7.99. The summed E-state index contributed by atoms with van der Waals surface area (Å²) in [6.45, 7) is 2.09. The molecule has 0 unspecified atom stereocenters. The molecule has 0 aliphatic heterocycles. The molecule has 0 rings (SSSR count). The number of rotatable bonds is 4. The van der Waals surface area contributed by atoms with Crippen LogP contribution in [0, 0.1) is 0 Å². The minimum atomic E-state index is 0.576. The van der Waals surface area contributed by atoms with Gasteiger partial charge in [0, 0.05) is 0 Å². The Morgan fingerprint density at radius 3 is 2.75 bits per heavy atom. The molecule has 0 aliphatic rings. The van der Waals surface area contributed by atoms with Gasteiger partial charge >= 0.3 is 56.5 Å². The molecule has 0 spiro atoms. The number of hydrogen-bond acceptors (Lipinski definition) is 2. The van der Waals surface area contributed by atoms with E-state index in [1.165, 1.54) is 0 Å². The third kappa shape index (κ3) is 4.31. The quantitative estimate of drug-likeness (QED) is 0.397. The molecule has 0 aromatic carbocycles. The summed E-state index contributed by atoms with van der Waals surface area (Å²) in [5.41, 5.74) is 0. The molecule has 0 heterocycles. The van der Waals surface area contributed by atoms with E-state index < -0.39 is 0 Å². The maximum absolute atomic E-state index is 7.99. The van der Waals surface area contributed by atoms with Crippen LogP contribution in [-0.2, 0) is 4.89 Å². The molecule has 3 heteroatoms. The zero-order valence-electron chi connectivity index (χ0n) is 4.89. The van der Waals surface area contributed by atoms with E-state index in [1.807, 2.05) is 0 Å². The Morgan fingerprint density at radius 1 is 1.75 bits per heavy atom. The standard InChI is InChI=1S/C5H10O2Se/c1-2-3-4-5(8)7-6/h6H,2-4H2,1H3. The van der Waals surface area contributed by atoms with Crippen LogP contribution in [0.1, 0.15) is 26.2 Å². The molecule has 0 aliphatic carbocycles. The summed E-state index contributed by atoms with van der Waals surface area (Å²) in [6, 6.07) is 0. The van der Waals surface area contributed by atoms with Crippen molar-refractivity contribution in [3.05, 3.63) is 0 Å². The molecule has 0 aromatic rings. The van der Waals surface area contributed by atoms with Crippen molar-refractivity contribution in [1.29, 1.82) is 0 Å². The zero-order valence-corrected chi connectivity index (χ0v) is 6.60. The van der Waals surface area contributed by atoms with Crippen molar-refractivity contribution in [1.82, 2.24) is 0 Å². The zero-order chi connectivity index (χ0) is 6.41. The van der Waals surface area contributed by atoms with E-state index in [-0.39, 0.29) is 0 Å². The van der Waals surface area contributed by atoms with Gasteiger partial charge in [-0.1, -0.05) is 0 Å². The second-order valence-electron chi connectivity index (χ2n) is 1.57. The molecule has 48 valence electrons. The fourth-order valence-corrected chi connectivity index (χ4v) is 0.670. The summed E-state index contributed by atoms with van der Waals surface area (Å²) in [7, 11) is 0. The summed E-state index contributed by atoms with van der Waals surface area (Å²) >= 11 is 2.61. The molecule has 0 aromatic heterocycles. The van der Waals surface area contributed by atoms with Crippen molar-refractivity contribution >= 4 is 20.2 Å². The molecule has 2 nitrogen and oxygen atoms in total. The topological polar surface area (TPSA) is 29.5 Å². The van der Waals surface area contributed by atoms with E-state index >= 15 is 0 Å². The van der Waals surface area contributed by atoms with Gasteiger partial charge in [0.2, 0.25) is 0 Å². The van der Waals surface area contributed by atoms with E-state index in [2.05, 4.69) is 27.4 Å². The SMILES string of the molecule is CCCCC(=[Se])OO. The van der Waals surface area contributed by atoms with Gasteiger partial charge in [-0.3, -0.25) is 0 Å². The molecule has 0 bridgehead atoms. The molecular formula is C5H10O2Se. The first-order valence-corrected chi connectivity index (χ1v) is 3.51. The summed E-state index contributed by atoms with van der Waals surface area (Å²) < 4.78 is 0.576. The number of hydrogen-bond donors (Lipinski definition) is 1. The molecular weight excluding hydrogens is 171 g/mol. The first kappa shape index (κ1) is 8.15. The molecule has 0 amide bonds. The average Bonchev–Trinajstić information content (AvgIpc) is 1.83. The van der Waals surface area contributed by atoms with E-state index in [9.17, 15) is 0 Å². The van der Waals surface area contributed by atoms with Crippen molar-refractivity contribution in [2.45, 2.75) is 26.2 Å². The van der Waals surface area contributed by atoms with Gasteiger partial charge < -0.3 is 0 Å². The van der Waals surface area contributed by atoms with Gasteiger partial charge in [-0.2, -0.15) is 0 Å². The van der Waals surface area contributed by atoms with Crippen LogP contribution in [0.15, 0.2) is 0 Å². The fraction of sp³-hybridized carbons (Fsp3) is 0.800. The molecule has 0 saturated heterocycles. The Labute approximate surface area is 57.1 Å². The maximum atomic E-state index is 7.99. The molecule has 0 saturated carbocycles. The summed E-state index contributed by atoms with van der Waals surface area (Å²) in [6.07, 6.45) is 2.99. The van der Waals surface area contributed by atoms with E-state index in [0.29, 0.717) is 4.60 Å². The van der Waals surface area contributed by atoms with Crippen LogP contribution < -0.4 is 0 Å². The van der Waals surface area contributed by atoms with Crippen LogP contribution in [0.4, 0.5) is 0 Å². The Bertz CT molecular complexity index is 72.8. The summed E-state index contributed by atoms with van der Waals surface area (Å²) in [5.74, 6) is 0. The third-order valence-electron chi connectivity index (χ3n) is 0.836. The van der Waals surface area contributed by atoms with Crippen LogP contribution in [0.2, 0.25) is 0 Å². The van der Waals surface area contributed by atoms with Crippen LogP contribution >= 0.6 is 0 Å². The van der Waals surface area contributed by atoms with Crippen molar-refractivity contribution in [3.63, 3.8) is 0 Å². The Hall–Kier alpha value is 0.149. The van der Waals surface area contributed by atoms with Crippen LogP contribution in [0.25, 0.3) is 0 Å². The van der Waals surface area contributed by atoms with Gasteiger partial charge in [0.05, 0.1) is 0 Å². The van der Waals surface area contributed by atoms with E-state index in [0.717, 1.165) is 19.3 Å². The van der Waals surface area contributed by atoms with Crippen molar-refractivity contribution in [2.24, 2.45) is 0 Å². The molecule has 0 fully saturated rings. The minimum absolute atomic E-state index is 0.576. The van der Waals surface area contributed by atoms with E-state index in [1.54, 1.807) is 0 Å². The first-order chi connectivity index (χ1) is 3.81. The second kappa shape index (κ2) is 5.29. The van der Waals surface area contributed by atoms with Crippen LogP contribution in [0.5, 0.6) is 0 Å². The normalized spacial score (nSPS) is 8.75. The predicted molar refractivity (Wildman–Crippen MR) is 34.0 cm³/mol. The third-order valence-corrected chi connectivity index (χ3v) is 1.42. The van der Waals surface area contributed by atoms with Crippen molar-refractivity contribution in [2.75, 3.05) is 0 Å². The van der Waals surface area contributed by atoms with Gasteiger partial charge in [-0.25, -0.2) is 0 Å². The van der Waals surface area contributed by atoms with Crippen molar-refractivity contribution in [3.8, 4) is 0 Å². The average molecular weight is 181 g/mol. The van der Waals surface area contributed by atoms with Crippen LogP contribution in [-0.4, -0.2) is 25.4 Å². The van der Waals surface area contributed by atoms with Crippen molar-refractivity contribution < 1.29 is 10.1 Å². The Kier molecular flexibility index (Phi) is 5.39. The molecule has 8 heavy (non-hydrogen) atoms. The molecule has 0 radical (unpaired) electrons. The summed E-state index contributed by atoms with van der Waals surface area (Å²) in [4.78, 5) is 3.91. The van der Waals surface area contributed by atoms with Gasteiger partial charge in [0.15, 0.2) is 0 Å². The van der Waals surface area contributed by atoms with Gasteiger partial charge in [0.25, 0.3) is 0 Å². The Balaban J connectivity index is 2.99. The fourth-order valence-electron chi connectivity index (χ4n) is 0.367. The van der Waals surface area contributed by atoms with Gasteiger partial charge in [-0.15, -0.1) is 0 Å². The first-order valence-electron chi connectivity index (χ1n) is 2.65. The van der Waals surface area contributed by atoms with E-state index in [4.69, 9.17) is 5.26 Å². The van der Waals surface area contributed by atoms with Gasteiger partial charge in [-0.05, 0) is 0 Å². The monoisotopic (exact) mass is 182 g/mol. The molecule has 1 N–H and O–H groups in total.